The normalized spacial score (nSPS) is 10.7. The van der Waals surface area contributed by atoms with Crippen LogP contribution in [0.15, 0.2) is 48.8 Å². The highest BCUT2D eigenvalue weighted by atomic mass is 19.1. The molecule has 1 amide bonds. The van der Waals surface area contributed by atoms with Gasteiger partial charge in [0.15, 0.2) is 0 Å². The summed E-state index contributed by atoms with van der Waals surface area (Å²) in [6, 6.07) is 11.4. The number of carbonyl (C=O) groups excluding carboxylic acids is 1. The molecule has 0 bridgehead atoms. The van der Waals surface area contributed by atoms with Crippen LogP contribution in [0.2, 0.25) is 0 Å². The number of benzene rings is 2. The Morgan fingerprint density at radius 3 is 2.95 bits per heavy atom. The van der Waals surface area contributed by atoms with E-state index in [1.807, 2.05) is 24.3 Å². The third-order valence-electron chi connectivity index (χ3n) is 3.13. The number of hydrogen-bond acceptors (Lipinski definition) is 3. The molecule has 0 atom stereocenters. The van der Waals surface area contributed by atoms with Crippen LogP contribution in [0.3, 0.4) is 0 Å². The van der Waals surface area contributed by atoms with Crippen molar-refractivity contribution >= 4 is 28.3 Å². The summed E-state index contributed by atoms with van der Waals surface area (Å²) in [4.78, 5) is 16.3. The molecule has 0 saturated heterocycles. The second-order valence-electron chi connectivity index (χ2n) is 4.64. The number of imidazole rings is 1. The molecule has 0 radical (unpaired) electrons. The summed E-state index contributed by atoms with van der Waals surface area (Å²) < 4.78 is 14.9. The quantitative estimate of drug-likeness (QED) is 0.725. The van der Waals surface area contributed by atoms with Crippen molar-refractivity contribution in [3.05, 3.63) is 54.6 Å². The molecule has 1 aromatic heterocycles. The Bertz CT molecular complexity index is 812. The minimum Gasteiger partial charge on any atom is -0.397 e. The van der Waals surface area contributed by atoms with Gasteiger partial charge in [0.25, 0.3) is 0 Å². The molecule has 0 fully saturated rings. The van der Waals surface area contributed by atoms with Crippen molar-refractivity contribution < 1.29 is 9.18 Å². The third-order valence-corrected chi connectivity index (χ3v) is 3.13. The van der Waals surface area contributed by atoms with Crippen molar-refractivity contribution in [2.24, 2.45) is 0 Å². The topological polar surface area (TPSA) is 72.9 Å². The van der Waals surface area contributed by atoms with E-state index in [-0.39, 0.29) is 18.1 Å². The van der Waals surface area contributed by atoms with E-state index in [4.69, 9.17) is 5.73 Å². The molecular formula is C15H13FN4O. The molecule has 5 nitrogen and oxygen atoms in total. The highest BCUT2D eigenvalue weighted by Gasteiger charge is 2.09. The zero-order chi connectivity index (χ0) is 14.8. The number of rotatable bonds is 3. The number of aromatic nitrogens is 2. The van der Waals surface area contributed by atoms with Gasteiger partial charge in [-0.25, -0.2) is 9.37 Å². The van der Waals surface area contributed by atoms with Crippen molar-refractivity contribution in [1.82, 2.24) is 9.55 Å². The van der Waals surface area contributed by atoms with Crippen LogP contribution >= 0.6 is 0 Å². The third kappa shape index (κ3) is 2.69. The number of amides is 1. The molecule has 0 aliphatic carbocycles. The van der Waals surface area contributed by atoms with Crippen LogP contribution in [-0.2, 0) is 11.3 Å². The van der Waals surface area contributed by atoms with Gasteiger partial charge in [0.05, 0.1) is 28.7 Å². The summed E-state index contributed by atoms with van der Waals surface area (Å²) in [6.07, 6.45) is 1.60. The number of fused-ring (bicyclic) bond motifs is 1. The number of para-hydroxylation sites is 2. The molecule has 2 aromatic carbocycles. The first-order valence-corrected chi connectivity index (χ1v) is 6.38. The van der Waals surface area contributed by atoms with Gasteiger partial charge < -0.3 is 15.6 Å². The highest BCUT2D eigenvalue weighted by Crippen LogP contribution is 2.19. The SMILES string of the molecule is Nc1ccc(F)cc1NC(=O)Cn1cnc2ccccc21. The van der Waals surface area contributed by atoms with Crippen LogP contribution in [0, 0.1) is 5.82 Å². The molecule has 1 heterocycles. The van der Waals surface area contributed by atoms with E-state index >= 15 is 0 Å². The Kier molecular flexibility index (Phi) is 3.27. The molecule has 21 heavy (non-hydrogen) atoms. The Morgan fingerprint density at radius 2 is 2.10 bits per heavy atom. The fourth-order valence-electron chi connectivity index (χ4n) is 2.12. The Hall–Kier alpha value is -2.89. The van der Waals surface area contributed by atoms with Gasteiger partial charge in [0, 0.05) is 0 Å². The average Bonchev–Trinajstić information content (AvgIpc) is 2.86. The summed E-state index contributed by atoms with van der Waals surface area (Å²) in [7, 11) is 0. The van der Waals surface area contributed by atoms with Crippen molar-refractivity contribution in [3.8, 4) is 0 Å². The first-order valence-electron chi connectivity index (χ1n) is 6.38. The minimum absolute atomic E-state index is 0.0798. The van der Waals surface area contributed by atoms with Crippen molar-refractivity contribution in [2.45, 2.75) is 6.54 Å². The monoisotopic (exact) mass is 284 g/mol. The van der Waals surface area contributed by atoms with Crippen LogP contribution in [0.25, 0.3) is 11.0 Å². The molecule has 0 aliphatic rings. The summed E-state index contributed by atoms with van der Waals surface area (Å²) in [6.45, 7) is 0.0798. The van der Waals surface area contributed by atoms with E-state index in [1.54, 1.807) is 10.9 Å². The predicted octanol–water partition coefficient (Wildman–Crippen LogP) is 2.40. The molecule has 106 valence electrons. The van der Waals surface area contributed by atoms with Crippen LogP contribution < -0.4 is 11.1 Å². The maximum Gasteiger partial charge on any atom is 0.244 e. The Morgan fingerprint density at radius 1 is 1.29 bits per heavy atom. The highest BCUT2D eigenvalue weighted by molar-refractivity contribution is 5.94. The van der Waals surface area contributed by atoms with E-state index < -0.39 is 5.82 Å². The molecule has 3 rings (SSSR count). The number of halogens is 1. The molecular weight excluding hydrogens is 271 g/mol. The standard InChI is InChI=1S/C15H13FN4O/c16-10-5-6-11(17)13(7-10)19-15(21)8-20-9-18-12-3-1-2-4-14(12)20/h1-7,9H,8,17H2,(H,19,21). The molecule has 0 unspecified atom stereocenters. The van der Waals surface area contributed by atoms with Gasteiger partial charge in [0.2, 0.25) is 5.91 Å². The minimum atomic E-state index is -0.451. The lowest BCUT2D eigenvalue weighted by Crippen LogP contribution is -2.19. The lowest BCUT2D eigenvalue weighted by molar-refractivity contribution is -0.116. The van der Waals surface area contributed by atoms with Crippen molar-refractivity contribution in [1.29, 1.82) is 0 Å². The molecule has 6 heteroatoms. The zero-order valence-corrected chi connectivity index (χ0v) is 11.1. The van der Waals surface area contributed by atoms with Gasteiger partial charge in [-0.15, -0.1) is 0 Å². The maximum absolute atomic E-state index is 13.2. The number of anilines is 2. The van der Waals surface area contributed by atoms with Crippen LogP contribution in [0.1, 0.15) is 0 Å². The van der Waals surface area contributed by atoms with Gasteiger partial charge in [-0.1, -0.05) is 12.1 Å². The molecule has 0 saturated carbocycles. The van der Waals surface area contributed by atoms with E-state index in [2.05, 4.69) is 10.3 Å². The fourth-order valence-corrected chi connectivity index (χ4v) is 2.12. The van der Waals surface area contributed by atoms with E-state index in [0.29, 0.717) is 5.69 Å². The van der Waals surface area contributed by atoms with Gasteiger partial charge in [-0.2, -0.15) is 0 Å². The average molecular weight is 284 g/mol. The summed E-state index contributed by atoms with van der Waals surface area (Å²) in [5.74, 6) is -0.747. The first-order chi connectivity index (χ1) is 10.1. The molecule has 3 aromatic rings. The van der Waals surface area contributed by atoms with Crippen LogP contribution in [0.5, 0.6) is 0 Å². The number of nitrogen functional groups attached to an aromatic ring is 1. The molecule has 3 N–H and O–H groups in total. The first kappa shape index (κ1) is 13.1. The predicted molar refractivity (Wildman–Crippen MR) is 79.2 cm³/mol. The largest absolute Gasteiger partial charge is 0.397 e. The van der Waals surface area contributed by atoms with Gasteiger partial charge in [-0.3, -0.25) is 4.79 Å². The Balaban J connectivity index is 1.79. The van der Waals surface area contributed by atoms with E-state index in [9.17, 15) is 9.18 Å². The van der Waals surface area contributed by atoms with E-state index in [1.165, 1.54) is 18.2 Å². The van der Waals surface area contributed by atoms with Crippen molar-refractivity contribution in [2.75, 3.05) is 11.1 Å². The maximum atomic E-state index is 13.2. The second-order valence-corrected chi connectivity index (χ2v) is 4.64. The second kappa shape index (κ2) is 5.24. The number of hydrogen-bond donors (Lipinski definition) is 2. The van der Waals surface area contributed by atoms with Gasteiger partial charge >= 0.3 is 0 Å². The summed E-state index contributed by atoms with van der Waals surface area (Å²) in [5, 5.41) is 2.60. The Labute approximate surface area is 120 Å². The number of nitrogens with zero attached hydrogens (tertiary/aromatic N) is 2. The van der Waals surface area contributed by atoms with Gasteiger partial charge in [0.1, 0.15) is 12.4 Å². The molecule has 0 spiro atoms. The van der Waals surface area contributed by atoms with Gasteiger partial charge in [-0.05, 0) is 30.3 Å². The van der Waals surface area contributed by atoms with Crippen LogP contribution in [-0.4, -0.2) is 15.5 Å². The number of carbonyl (C=O) groups is 1. The fraction of sp³-hybridized carbons (Fsp3) is 0.0667. The van der Waals surface area contributed by atoms with Crippen LogP contribution in [0.4, 0.5) is 15.8 Å². The lowest BCUT2D eigenvalue weighted by atomic mass is 10.2. The van der Waals surface area contributed by atoms with E-state index in [0.717, 1.165) is 11.0 Å². The van der Waals surface area contributed by atoms with Crippen molar-refractivity contribution in [3.63, 3.8) is 0 Å². The zero-order valence-electron chi connectivity index (χ0n) is 11.1. The molecule has 0 aliphatic heterocycles. The lowest BCUT2D eigenvalue weighted by Gasteiger charge is -2.09. The smallest absolute Gasteiger partial charge is 0.244 e. The number of nitrogens with two attached hydrogens (primary N) is 1. The summed E-state index contributed by atoms with van der Waals surface area (Å²) in [5.41, 5.74) is 7.97. The summed E-state index contributed by atoms with van der Waals surface area (Å²) >= 11 is 0. The number of nitrogens with one attached hydrogen (secondary N) is 1.